The lowest BCUT2D eigenvalue weighted by Crippen LogP contribution is -2.38. The normalized spacial score (nSPS) is 15.5. The highest BCUT2D eigenvalue weighted by Gasteiger charge is 2.31. The van der Waals surface area contributed by atoms with E-state index in [1.807, 2.05) is 25.1 Å². The molecule has 1 aliphatic rings. The maximum atomic E-state index is 13.0. The first kappa shape index (κ1) is 25.7. The Bertz CT molecular complexity index is 1250. The number of carbonyl (C=O) groups is 1. The largest absolute Gasteiger partial charge is 0.417 e. The number of anilines is 2. The first-order chi connectivity index (χ1) is 17.2. The minimum Gasteiger partial charge on any atom is -0.396 e. The number of aliphatic hydroxyl groups excluding tert-OH is 1. The van der Waals surface area contributed by atoms with Gasteiger partial charge < -0.3 is 20.1 Å². The highest BCUT2D eigenvalue weighted by atomic mass is 19.4. The molecule has 0 bridgehead atoms. The van der Waals surface area contributed by atoms with Crippen LogP contribution in [-0.4, -0.2) is 49.4 Å². The number of pyridine rings is 1. The Morgan fingerprint density at radius 1 is 1.19 bits per heavy atom. The van der Waals surface area contributed by atoms with Crippen LogP contribution in [0, 0.1) is 12.8 Å². The summed E-state index contributed by atoms with van der Waals surface area (Å²) in [6.45, 7) is 4.07. The second kappa shape index (κ2) is 10.7. The fourth-order valence-electron chi connectivity index (χ4n) is 4.45. The molecule has 1 unspecified atom stereocenters. The van der Waals surface area contributed by atoms with Crippen LogP contribution >= 0.6 is 0 Å². The number of aryl methyl sites for hydroxylation is 1. The van der Waals surface area contributed by atoms with E-state index < -0.39 is 17.6 Å². The highest BCUT2D eigenvalue weighted by molar-refractivity contribution is 6.04. The predicted molar refractivity (Wildman–Crippen MR) is 132 cm³/mol. The van der Waals surface area contributed by atoms with Gasteiger partial charge in [-0.3, -0.25) is 9.78 Å². The van der Waals surface area contributed by atoms with E-state index in [0.717, 1.165) is 53.2 Å². The van der Waals surface area contributed by atoms with Gasteiger partial charge in [0.05, 0.1) is 17.7 Å². The van der Waals surface area contributed by atoms with Crippen LogP contribution < -0.4 is 10.2 Å². The second-order valence-electron chi connectivity index (χ2n) is 8.98. The summed E-state index contributed by atoms with van der Waals surface area (Å²) in [5.74, 6) is -0.513. The smallest absolute Gasteiger partial charge is 0.396 e. The second-order valence-corrected chi connectivity index (χ2v) is 8.98. The number of hydrogen-bond acceptors (Lipinski definition) is 5. The van der Waals surface area contributed by atoms with Gasteiger partial charge in [0.15, 0.2) is 0 Å². The molecule has 0 saturated carbocycles. The maximum Gasteiger partial charge on any atom is 0.417 e. The van der Waals surface area contributed by atoms with Crippen molar-refractivity contribution in [3.05, 3.63) is 77.1 Å². The molecule has 2 heterocycles. The summed E-state index contributed by atoms with van der Waals surface area (Å²) < 4.78 is 44.3. The van der Waals surface area contributed by atoms with E-state index in [2.05, 4.69) is 27.3 Å². The summed E-state index contributed by atoms with van der Waals surface area (Å²) in [7, 11) is 1.66. The van der Waals surface area contributed by atoms with Gasteiger partial charge in [-0.05, 0) is 59.9 Å². The maximum absolute atomic E-state index is 13.0. The zero-order valence-corrected chi connectivity index (χ0v) is 20.1. The first-order valence-electron chi connectivity index (χ1n) is 11.6. The molecule has 190 valence electrons. The Morgan fingerprint density at radius 3 is 2.72 bits per heavy atom. The summed E-state index contributed by atoms with van der Waals surface area (Å²) in [5, 5.41) is 12.4. The first-order valence-corrected chi connectivity index (χ1v) is 11.6. The van der Waals surface area contributed by atoms with E-state index in [9.17, 15) is 23.1 Å². The highest BCUT2D eigenvalue weighted by Crippen LogP contribution is 2.36. The molecule has 0 aliphatic carbocycles. The van der Waals surface area contributed by atoms with Crippen molar-refractivity contribution in [1.82, 2.24) is 4.98 Å². The monoisotopic (exact) mass is 499 g/mol. The molecular formula is C27H28F3N3O3. The average Bonchev–Trinajstić information content (AvgIpc) is 2.87. The number of aliphatic hydroxyl groups is 1. The molecule has 0 saturated heterocycles. The van der Waals surface area contributed by atoms with Gasteiger partial charge in [-0.2, -0.15) is 13.2 Å². The fraction of sp³-hybridized carbons (Fsp3) is 0.333. The molecular weight excluding hydrogens is 471 g/mol. The van der Waals surface area contributed by atoms with Crippen molar-refractivity contribution in [1.29, 1.82) is 0 Å². The van der Waals surface area contributed by atoms with E-state index >= 15 is 0 Å². The minimum atomic E-state index is -4.58. The lowest BCUT2D eigenvalue weighted by Gasteiger charge is -2.36. The summed E-state index contributed by atoms with van der Waals surface area (Å²) in [4.78, 5) is 18.4. The van der Waals surface area contributed by atoms with Crippen molar-refractivity contribution in [3.8, 4) is 11.1 Å². The SMILES string of the molecule is COCCN1CC(CO)Cc2ccc(-c3cc(NC(=O)c4cncc(C(F)(F)F)c4)ccc3C)cc21. The predicted octanol–water partition coefficient (Wildman–Crippen LogP) is 4.95. The quantitative estimate of drug-likeness (QED) is 0.482. The van der Waals surface area contributed by atoms with Gasteiger partial charge in [-0.25, -0.2) is 0 Å². The number of rotatable bonds is 7. The van der Waals surface area contributed by atoms with Crippen molar-refractivity contribution < 1.29 is 27.8 Å². The van der Waals surface area contributed by atoms with Crippen LogP contribution in [0.1, 0.15) is 27.0 Å². The number of carbonyl (C=O) groups excluding carboxylic acids is 1. The summed E-state index contributed by atoms with van der Waals surface area (Å²) in [6, 6.07) is 12.3. The fourth-order valence-corrected chi connectivity index (χ4v) is 4.45. The molecule has 3 aromatic rings. The van der Waals surface area contributed by atoms with Gasteiger partial charge >= 0.3 is 6.18 Å². The number of alkyl halides is 3. The number of halogens is 3. The summed E-state index contributed by atoms with van der Waals surface area (Å²) in [6.07, 6.45) is -2.00. The minimum absolute atomic E-state index is 0.118. The van der Waals surface area contributed by atoms with Crippen LogP contribution in [0.4, 0.5) is 24.5 Å². The van der Waals surface area contributed by atoms with Gasteiger partial charge in [-0.1, -0.05) is 18.2 Å². The van der Waals surface area contributed by atoms with E-state index in [4.69, 9.17) is 4.74 Å². The van der Waals surface area contributed by atoms with Crippen LogP contribution in [0.5, 0.6) is 0 Å². The number of nitrogens with one attached hydrogen (secondary N) is 1. The van der Waals surface area contributed by atoms with Crippen molar-refractivity contribution in [2.24, 2.45) is 5.92 Å². The lowest BCUT2D eigenvalue weighted by atomic mass is 9.90. The number of amides is 1. The van der Waals surface area contributed by atoms with Crippen molar-refractivity contribution in [3.63, 3.8) is 0 Å². The summed E-state index contributed by atoms with van der Waals surface area (Å²) >= 11 is 0. The molecule has 36 heavy (non-hydrogen) atoms. The third kappa shape index (κ3) is 5.68. The molecule has 9 heteroatoms. The van der Waals surface area contributed by atoms with Crippen LogP contribution in [0.25, 0.3) is 11.1 Å². The molecule has 1 atom stereocenters. The van der Waals surface area contributed by atoms with Crippen molar-refractivity contribution in [2.45, 2.75) is 19.5 Å². The van der Waals surface area contributed by atoms with E-state index in [-0.39, 0.29) is 18.1 Å². The number of ether oxygens (including phenoxy) is 1. The van der Waals surface area contributed by atoms with Crippen LogP contribution in [0.3, 0.4) is 0 Å². The Balaban J connectivity index is 1.61. The van der Waals surface area contributed by atoms with E-state index in [1.165, 1.54) is 0 Å². The van der Waals surface area contributed by atoms with Gasteiger partial charge in [0.25, 0.3) is 5.91 Å². The number of benzene rings is 2. The van der Waals surface area contributed by atoms with E-state index in [0.29, 0.717) is 25.0 Å². The van der Waals surface area contributed by atoms with Crippen molar-refractivity contribution in [2.75, 3.05) is 43.6 Å². The Kier molecular flexibility index (Phi) is 7.61. The zero-order valence-electron chi connectivity index (χ0n) is 20.1. The molecule has 0 fully saturated rings. The van der Waals surface area contributed by atoms with Gasteiger partial charge in [0.2, 0.25) is 0 Å². The third-order valence-corrected chi connectivity index (χ3v) is 6.37. The van der Waals surface area contributed by atoms with Crippen LogP contribution in [0.2, 0.25) is 0 Å². The molecule has 1 aliphatic heterocycles. The summed E-state index contributed by atoms with van der Waals surface area (Å²) in [5.41, 5.74) is 4.39. The molecule has 4 rings (SSSR count). The molecule has 2 aromatic carbocycles. The van der Waals surface area contributed by atoms with Crippen LogP contribution in [-0.2, 0) is 17.3 Å². The molecule has 2 N–H and O–H groups in total. The molecule has 0 spiro atoms. The van der Waals surface area contributed by atoms with Gasteiger partial charge in [0, 0.05) is 56.5 Å². The average molecular weight is 500 g/mol. The number of hydrogen-bond donors (Lipinski definition) is 2. The number of aromatic nitrogens is 1. The number of methoxy groups -OCH3 is 1. The Labute approximate surface area is 207 Å². The Morgan fingerprint density at radius 2 is 2.00 bits per heavy atom. The lowest BCUT2D eigenvalue weighted by molar-refractivity contribution is -0.137. The standard InChI is InChI=1S/C27H28F3N3O3/c1-17-3-6-23(32-26(35)21-10-22(14-31-13-21)27(28,29)30)12-24(17)19-4-5-20-9-18(16-34)15-33(7-8-36-2)25(20)11-19/h3-6,10-14,18,34H,7-9,15-16H2,1-2H3,(H,32,35). The molecule has 1 amide bonds. The van der Waals surface area contributed by atoms with Crippen molar-refractivity contribution >= 4 is 17.3 Å². The zero-order chi connectivity index (χ0) is 25.9. The topological polar surface area (TPSA) is 74.7 Å². The van der Waals surface area contributed by atoms with Gasteiger partial charge in [-0.15, -0.1) is 0 Å². The molecule has 0 radical (unpaired) electrons. The molecule has 6 nitrogen and oxygen atoms in total. The number of nitrogens with zero attached hydrogens (tertiary/aromatic N) is 2. The van der Waals surface area contributed by atoms with Crippen LogP contribution in [0.15, 0.2) is 54.9 Å². The Hall–Kier alpha value is -3.43. The third-order valence-electron chi connectivity index (χ3n) is 6.37. The van der Waals surface area contributed by atoms with E-state index in [1.54, 1.807) is 13.2 Å². The molecule has 1 aromatic heterocycles. The number of fused-ring (bicyclic) bond motifs is 1. The van der Waals surface area contributed by atoms with Gasteiger partial charge in [0.1, 0.15) is 0 Å².